The third-order valence-electron chi connectivity index (χ3n) is 4.94. The van der Waals surface area contributed by atoms with Crippen molar-refractivity contribution in [3.05, 3.63) is 67.8 Å². The van der Waals surface area contributed by atoms with Crippen molar-refractivity contribution in [2.24, 2.45) is 0 Å². The highest BCUT2D eigenvalue weighted by Gasteiger charge is 2.22. The fraction of sp³-hybridized carbons (Fsp3) is 0.238. The molecule has 0 saturated heterocycles. The summed E-state index contributed by atoms with van der Waals surface area (Å²) in [6.45, 7) is 1.92. The third kappa shape index (κ3) is 3.64. The standard InChI is InChI=1S/C21H17Cl3N2O2/c1-11-6-7-12(20-14-4-2-3-5-17(14)26-28-20)8-18(11)25-21(27)19-15(23)9-13(22)10-16(19)24/h6-10H,2-5H2,1H3,(H,25,27). The molecule has 144 valence electrons. The van der Waals surface area contributed by atoms with Gasteiger partial charge in [-0.15, -0.1) is 0 Å². The van der Waals surface area contributed by atoms with Crippen molar-refractivity contribution in [2.45, 2.75) is 32.6 Å². The molecular formula is C21H17Cl3N2O2. The van der Waals surface area contributed by atoms with E-state index in [-0.39, 0.29) is 15.6 Å². The number of carbonyl (C=O) groups excluding carboxylic acids is 1. The maximum atomic E-state index is 12.8. The zero-order chi connectivity index (χ0) is 19.8. The molecule has 4 nitrogen and oxygen atoms in total. The predicted molar refractivity (Wildman–Crippen MR) is 113 cm³/mol. The summed E-state index contributed by atoms with van der Waals surface area (Å²) in [5, 5.41) is 7.89. The molecule has 4 rings (SSSR count). The van der Waals surface area contributed by atoms with Crippen LogP contribution in [0.15, 0.2) is 34.9 Å². The Morgan fingerprint density at radius 2 is 1.79 bits per heavy atom. The lowest BCUT2D eigenvalue weighted by Crippen LogP contribution is -2.14. The molecule has 1 aromatic heterocycles. The molecule has 7 heteroatoms. The smallest absolute Gasteiger partial charge is 0.258 e. The number of hydrogen-bond donors (Lipinski definition) is 1. The Hall–Kier alpha value is -2.01. The second-order valence-corrected chi connectivity index (χ2v) is 8.12. The molecule has 0 bridgehead atoms. The van der Waals surface area contributed by atoms with Gasteiger partial charge in [-0.3, -0.25) is 4.79 Å². The average Bonchev–Trinajstić information content (AvgIpc) is 3.07. The van der Waals surface area contributed by atoms with Crippen molar-refractivity contribution >= 4 is 46.4 Å². The molecule has 0 fully saturated rings. The van der Waals surface area contributed by atoms with Gasteiger partial charge in [-0.05, 0) is 56.4 Å². The van der Waals surface area contributed by atoms with E-state index >= 15 is 0 Å². The molecule has 1 heterocycles. The van der Waals surface area contributed by atoms with Crippen LogP contribution in [0.5, 0.6) is 0 Å². The van der Waals surface area contributed by atoms with E-state index in [1.165, 1.54) is 12.1 Å². The Balaban J connectivity index is 1.67. The van der Waals surface area contributed by atoms with Crippen LogP contribution in [0.2, 0.25) is 15.1 Å². The number of aryl methyl sites for hydroxylation is 2. The van der Waals surface area contributed by atoms with Crippen LogP contribution in [0, 0.1) is 6.92 Å². The SMILES string of the molecule is Cc1ccc(-c2onc3c2CCCC3)cc1NC(=O)c1c(Cl)cc(Cl)cc1Cl. The maximum Gasteiger partial charge on any atom is 0.258 e. The Morgan fingerprint density at radius 1 is 1.07 bits per heavy atom. The van der Waals surface area contributed by atoms with Crippen LogP contribution in [0.1, 0.15) is 40.0 Å². The van der Waals surface area contributed by atoms with Crippen molar-refractivity contribution in [3.8, 4) is 11.3 Å². The lowest BCUT2D eigenvalue weighted by Gasteiger charge is -2.13. The number of halogens is 3. The Kier molecular flexibility index (Phi) is 5.37. The van der Waals surface area contributed by atoms with E-state index in [4.69, 9.17) is 39.3 Å². The second-order valence-electron chi connectivity index (χ2n) is 6.87. The minimum Gasteiger partial charge on any atom is -0.356 e. The molecule has 1 aliphatic rings. The first-order valence-electron chi connectivity index (χ1n) is 8.98. The van der Waals surface area contributed by atoms with Gasteiger partial charge in [0.05, 0.1) is 21.3 Å². The van der Waals surface area contributed by atoms with Gasteiger partial charge in [-0.25, -0.2) is 0 Å². The number of fused-ring (bicyclic) bond motifs is 1. The number of hydrogen-bond acceptors (Lipinski definition) is 3. The van der Waals surface area contributed by atoms with E-state index in [9.17, 15) is 4.79 Å². The van der Waals surface area contributed by atoms with Crippen molar-refractivity contribution in [3.63, 3.8) is 0 Å². The number of aromatic nitrogens is 1. The number of nitrogens with one attached hydrogen (secondary N) is 1. The molecule has 0 unspecified atom stereocenters. The molecule has 28 heavy (non-hydrogen) atoms. The first-order valence-corrected chi connectivity index (χ1v) is 10.1. The summed E-state index contributed by atoms with van der Waals surface area (Å²) in [5.74, 6) is 0.374. The normalized spacial score (nSPS) is 13.3. The molecule has 0 atom stereocenters. The number of carbonyl (C=O) groups is 1. The second kappa shape index (κ2) is 7.78. The zero-order valence-corrected chi connectivity index (χ0v) is 17.4. The lowest BCUT2D eigenvalue weighted by atomic mass is 9.93. The summed E-state index contributed by atoms with van der Waals surface area (Å²) < 4.78 is 5.62. The fourth-order valence-corrected chi connectivity index (χ4v) is 4.45. The van der Waals surface area contributed by atoms with Gasteiger partial charge >= 0.3 is 0 Å². The molecule has 0 saturated carbocycles. The monoisotopic (exact) mass is 434 g/mol. The largest absolute Gasteiger partial charge is 0.356 e. The molecule has 0 radical (unpaired) electrons. The Labute approximate surface area is 177 Å². The number of benzene rings is 2. The van der Waals surface area contributed by atoms with E-state index in [0.29, 0.717) is 10.7 Å². The summed E-state index contributed by atoms with van der Waals surface area (Å²) in [6, 6.07) is 8.79. The number of nitrogens with zero attached hydrogens (tertiary/aromatic N) is 1. The van der Waals surface area contributed by atoms with Gasteiger partial charge in [-0.2, -0.15) is 0 Å². The third-order valence-corrected chi connectivity index (χ3v) is 5.76. The van der Waals surface area contributed by atoms with E-state index in [0.717, 1.165) is 53.8 Å². The van der Waals surface area contributed by atoms with Gasteiger partial charge < -0.3 is 9.84 Å². The number of anilines is 1. The molecule has 3 aromatic rings. The Morgan fingerprint density at radius 3 is 2.54 bits per heavy atom. The summed E-state index contributed by atoms with van der Waals surface area (Å²) >= 11 is 18.3. The fourth-order valence-electron chi connectivity index (χ4n) is 3.46. The maximum absolute atomic E-state index is 12.8. The number of rotatable bonds is 3. The first kappa shape index (κ1) is 19.3. The molecule has 0 aliphatic heterocycles. The first-order chi connectivity index (χ1) is 13.4. The van der Waals surface area contributed by atoms with Crippen LogP contribution < -0.4 is 5.32 Å². The van der Waals surface area contributed by atoms with E-state index in [2.05, 4.69) is 10.5 Å². The summed E-state index contributed by atoms with van der Waals surface area (Å²) in [7, 11) is 0. The van der Waals surface area contributed by atoms with Crippen LogP contribution in [-0.4, -0.2) is 11.1 Å². The predicted octanol–water partition coefficient (Wildman–Crippen LogP) is 6.74. The molecule has 1 amide bonds. The van der Waals surface area contributed by atoms with Crippen LogP contribution in [-0.2, 0) is 12.8 Å². The van der Waals surface area contributed by atoms with Crippen LogP contribution in [0.25, 0.3) is 11.3 Å². The van der Waals surface area contributed by atoms with Gasteiger partial charge in [0.15, 0.2) is 5.76 Å². The van der Waals surface area contributed by atoms with Gasteiger partial charge in [0.1, 0.15) is 0 Å². The van der Waals surface area contributed by atoms with Crippen molar-refractivity contribution in [1.82, 2.24) is 5.16 Å². The molecule has 0 spiro atoms. The van der Waals surface area contributed by atoms with Gasteiger partial charge in [0, 0.05) is 21.8 Å². The van der Waals surface area contributed by atoms with Gasteiger partial charge in [-0.1, -0.05) is 52.1 Å². The van der Waals surface area contributed by atoms with Crippen LogP contribution >= 0.6 is 34.8 Å². The molecule has 1 aliphatic carbocycles. The minimum absolute atomic E-state index is 0.189. The average molecular weight is 436 g/mol. The van der Waals surface area contributed by atoms with Gasteiger partial charge in [0.25, 0.3) is 5.91 Å². The lowest BCUT2D eigenvalue weighted by molar-refractivity contribution is 0.102. The van der Waals surface area contributed by atoms with Crippen LogP contribution in [0.4, 0.5) is 5.69 Å². The highest BCUT2D eigenvalue weighted by atomic mass is 35.5. The number of amides is 1. The van der Waals surface area contributed by atoms with E-state index in [1.54, 1.807) is 0 Å². The van der Waals surface area contributed by atoms with E-state index in [1.807, 2.05) is 25.1 Å². The topological polar surface area (TPSA) is 55.1 Å². The van der Waals surface area contributed by atoms with Crippen molar-refractivity contribution in [2.75, 3.05) is 5.32 Å². The minimum atomic E-state index is -0.397. The van der Waals surface area contributed by atoms with Crippen molar-refractivity contribution in [1.29, 1.82) is 0 Å². The van der Waals surface area contributed by atoms with Gasteiger partial charge in [0.2, 0.25) is 0 Å². The molecule has 1 N–H and O–H groups in total. The van der Waals surface area contributed by atoms with Crippen LogP contribution in [0.3, 0.4) is 0 Å². The summed E-state index contributed by atoms with van der Waals surface area (Å²) in [5.41, 5.74) is 4.83. The van der Waals surface area contributed by atoms with E-state index < -0.39 is 5.91 Å². The Bertz CT molecular complexity index is 1050. The molecular weight excluding hydrogens is 419 g/mol. The van der Waals surface area contributed by atoms with Crippen molar-refractivity contribution < 1.29 is 9.32 Å². The molecule has 2 aromatic carbocycles. The summed E-state index contributed by atoms with van der Waals surface area (Å²) in [4.78, 5) is 12.8. The highest BCUT2D eigenvalue weighted by molar-refractivity contribution is 6.42. The zero-order valence-electron chi connectivity index (χ0n) is 15.1. The highest BCUT2D eigenvalue weighted by Crippen LogP contribution is 2.34. The quantitative estimate of drug-likeness (QED) is 0.495. The summed E-state index contributed by atoms with van der Waals surface area (Å²) in [6.07, 6.45) is 4.17.